The third kappa shape index (κ3) is 9.25. The van der Waals surface area contributed by atoms with Gasteiger partial charge in [0, 0.05) is 32.0 Å². The Kier molecular flexibility index (Phi) is 10.6. The normalized spacial score (nSPS) is 14.8. The first kappa shape index (κ1) is 31.0. The van der Waals surface area contributed by atoms with Crippen LogP contribution < -0.4 is 14.8 Å². The Labute approximate surface area is 227 Å². The second-order valence-corrected chi connectivity index (χ2v) is 11.2. The number of carbonyl (C=O) groups excluding carboxylic acids is 1. The van der Waals surface area contributed by atoms with Gasteiger partial charge in [-0.15, -0.1) is 0 Å². The van der Waals surface area contributed by atoms with Gasteiger partial charge in [-0.2, -0.15) is 10.1 Å². The van der Waals surface area contributed by atoms with Gasteiger partial charge in [0.25, 0.3) is 5.91 Å². The molecular formula is C27H39N5O5S. The zero-order valence-electron chi connectivity index (χ0n) is 23.5. The summed E-state index contributed by atoms with van der Waals surface area (Å²) in [6, 6.07) is 16.3. The highest BCUT2D eigenvalue weighted by Crippen LogP contribution is 2.27. The van der Waals surface area contributed by atoms with Crippen LogP contribution in [0.25, 0.3) is 6.08 Å². The molecule has 0 spiro atoms. The van der Waals surface area contributed by atoms with Crippen LogP contribution >= 0.6 is 0 Å². The molecule has 0 radical (unpaired) electrons. The summed E-state index contributed by atoms with van der Waals surface area (Å²) in [5.41, 5.74) is 5.42. The quantitative estimate of drug-likeness (QED) is 0.206. The van der Waals surface area contributed by atoms with E-state index >= 15 is 0 Å². The third-order valence-corrected chi connectivity index (χ3v) is 6.28. The van der Waals surface area contributed by atoms with E-state index in [1.165, 1.54) is 5.01 Å². The first-order chi connectivity index (χ1) is 17.6. The van der Waals surface area contributed by atoms with E-state index < -0.39 is 10.4 Å². The standard InChI is InChI=1S/C26H36N5O.CH4O4S/c1-8-29(17-18-31(5,6)7)23-13-15-24(16-14-23)30-26(32)25(20(2)27-30)19-21-9-11-22(12-10-21)28(3)4;1-5-6(2,3)4/h9-16,19H,8,17-18H2,1-7H3;1H3,(H,2,3,4)/q+1;/p-1. The predicted octanol–water partition coefficient (Wildman–Crippen LogP) is 3.18. The molecular weight excluding hydrogens is 506 g/mol. The molecule has 0 unspecified atom stereocenters. The summed E-state index contributed by atoms with van der Waals surface area (Å²) in [7, 11) is 7.04. The van der Waals surface area contributed by atoms with E-state index in [9.17, 15) is 17.8 Å². The van der Waals surface area contributed by atoms with Crippen LogP contribution in [0.2, 0.25) is 0 Å². The lowest BCUT2D eigenvalue weighted by atomic mass is 10.1. The Balaban J connectivity index is 0.000000757. The molecule has 0 aliphatic carbocycles. The molecule has 11 heteroatoms. The summed E-state index contributed by atoms with van der Waals surface area (Å²) in [5, 5.41) is 6.04. The summed E-state index contributed by atoms with van der Waals surface area (Å²) < 4.78 is 31.9. The Bertz CT molecular complexity index is 1250. The van der Waals surface area contributed by atoms with E-state index in [0.29, 0.717) is 5.57 Å². The number of nitrogens with zero attached hydrogens (tertiary/aromatic N) is 5. The van der Waals surface area contributed by atoms with E-state index in [2.05, 4.69) is 59.3 Å². The first-order valence-corrected chi connectivity index (χ1v) is 13.5. The number of hydrazone groups is 1. The molecule has 38 heavy (non-hydrogen) atoms. The molecule has 0 atom stereocenters. The highest BCUT2D eigenvalue weighted by atomic mass is 32.3. The highest BCUT2D eigenvalue weighted by molar-refractivity contribution is 7.80. The predicted molar refractivity (Wildman–Crippen MR) is 153 cm³/mol. The number of rotatable bonds is 9. The summed E-state index contributed by atoms with van der Waals surface area (Å²) in [6.45, 7) is 7.05. The van der Waals surface area contributed by atoms with Crippen LogP contribution in [-0.2, 0) is 19.4 Å². The molecule has 1 amide bonds. The fourth-order valence-electron chi connectivity index (χ4n) is 3.59. The minimum atomic E-state index is -4.41. The Morgan fingerprint density at radius 3 is 2.00 bits per heavy atom. The van der Waals surface area contributed by atoms with E-state index in [1.54, 1.807) is 0 Å². The van der Waals surface area contributed by atoms with E-state index in [-0.39, 0.29) is 5.91 Å². The van der Waals surface area contributed by atoms with Crippen molar-refractivity contribution < 1.29 is 26.4 Å². The molecule has 0 saturated carbocycles. The van der Waals surface area contributed by atoms with Gasteiger partial charge in [0.05, 0.1) is 58.3 Å². The van der Waals surface area contributed by atoms with E-state index in [0.717, 1.165) is 59.6 Å². The average Bonchev–Trinajstić information content (AvgIpc) is 3.13. The fourth-order valence-corrected chi connectivity index (χ4v) is 3.59. The van der Waals surface area contributed by atoms with E-state index in [4.69, 9.17) is 0 Å². The maximum atomic E-state index is 13.1. The number of anilines is 3. The van der Waals surface area contributed by atoms with Crippen LogP contribution in [0.3, 0.4) is 0 Å². The summed E-state index contributed by atoms with van der Waals surface area (Å²) in [4.78, 5) is 17.5. The van der Waals surface area contributed by atoms with Gasteiger partial charge in [0.15, 0.2) is 0 Å². The van der Waals surface area contributed by atoms with Gasteiger partial charge in [-0.3, -0.25) is 8.98 Å². The average molecular weight is 546 g/mol. The Hall–Kier alpha value is -3.25. The molecule has 208 valence electrons. The number of hydrogen-bond acceptors (Lipinski definition) is 8. The molecule has 3 rings (SSSR count). The number of carbonyl (C=O) groups is 1. The van der Waals surface area contributed by atoms with Gasteiger partial charge in [-0.1, -0.05) is 12.1 Å². The molecule has 1 aliphatic heterocycles. The monoisotopic (exact) mass is 545 g/mol. The van der Waals surface area contributed by atoms with Crippen LogP contribution in [0, 0.1) is 0 Å². The minimum absolute atomic E-state index is 0.0932. The van der Waals surface area contributed by atoms with Gasteiger partial charge < -0.3 is 18.8 Å². The number of hydrogen-bond donors (Lipinski definition) is 0. The third-order valence-electron chi connectivity index (χ3n) is 5.87. The van der Waals surface area contributed by atoms with Crippen molar-refractivity contribution in [1.29, 1.82) is 0 Å². The van der Waals surface area contributed by atoms with Crippen molar-refractivity contribution in [1.82, 2.24) is 0 Å². The molecule has 2 aromatic rings. The summed E-state index contributed by atoms with van der Waals surface area (Å²) in [6.07, 6.45) is 1.92. The lowest BCUT2D eigenvalue weighted by Gasteiger charge is -2.29. The van der Waals surface area contributed by atoms with Crippen molar-refractivity contribution in [3.05, 3.63) is 59.7 Å². The topological polar surface area (TPSA) is 106 Å². The number of likely N-dealkylation sites (N-methyl/N-ethyl adjacent to an activating group) is 2. The van der Waals surface area contributed by atoms with Gasteiger partial charge in [0.2, 0.25) is 10.4 Å². The first-order valence-electron chi connectivity index (χ1n) is 12.2. The lowest BCUT2D eigenvalue weighted by Crippen LogP contribution is -2.42. The largest absolute Gasteiger partial charge is 0.726 e. The van der Waals surface area contributed by atoms with Crippen LogP contribution in [0.4, 0.5) is 17.1 Å². The molecule has 0 N–H and O–H groups in total. The van der Waals surface area contributed by atoms with Gasteiger partial charge >= 0.3 is 0 Å². The van der Waals surface area contributed by atoms with Crippen molar-refractivity contribution in [2.24, 2.45) is 5.10 Å². The number of benzene rings is 2. The maximum absolute atomic E-state index is 13.1. The van der Waals surface area contributed by atoms with Crippen molar-refractivity contribution in [3.8, 4) is 0 Å². The van der Waals surface area contributed by atoms with Crippen LogP contribution in [-0.4, -0.2) is 91.1 Å². The molecule has 1 aliphatic rings. The molecule has 0 saturated heterocycles. The minimum Gasteiger partial charge on any atom is -0.726 e. The smallest absolute Gasteiger partial charge is 0.280 e. The number of quaternary nitrogens is 1. The summed E-state index contributed by atoms with van der Waals surface area (Å²) in [5.74, 6) is -0.0932. The second kappa shape index (κ2) is 13.0. The number of amides is 1. The van der Waals surface area contributed by atoms with Crippen molar-refractivity contribution in [2.75, 3.05) is 76.8 Å². The van der Waals surface area contributed by atoms with Crippen LogP contribution in [0.15, 0.2) is 59.2 Å². The summed E-state index contributed by atoms with van der Waals surface area (Å²) >= 11 is 0. The molecule has 0 bridgehead atoms. The lowest BCUT2D eigenvalue weighted by molar-refractivity contribution is -0.868. The van der Waals surface area contributed by atoms with Gasteiger partial charge in [-0.05, 0) is 61.9 Å². The Morgan fingerprint density at radius 2 is 1.55 bits per heavy atom. The van der Waals surface area contributed by atoms with Crippen LogP contribution in [0.1, 0.15) is 19.4 Å². The maximum Gasteiger partial charge on any atom is 0.280 e. The molecule has 1 heterocycles. The fraction of sp³-hybridized carbons (Fsp3) is 0.407. The second-order valence-electron chi connectivity index (χ2n) is 10.0. The molecule has 2 aromatic carbocycles. The van der Waals surface area contributed by atoms with E-state index in [1.807, 2.05) is 63.5 Å². The molecule has 10 nitrogen and oxygen atoms in total. The Morgan fingerprint density at radius 1 is 1.03 bits per heavy atom. The van der Waals surface area contributed by atoms with Crippen LogP contribution in [0.5, 0.6) is 0 Å². The SMILES string of the molecule is CCN(CC[N+](C)(C)C)c1ccc(N2N=C(C)C(=Cc3ccc(N(C)C)cc3)C2=O)cc1.COS(=O)(=O)[O-]. The van der Waals surface area contributed by atoms with Crippen molar-refractivity contribution >= 4 is 45.2 Å². The molecule has 0 aromatic heterocycles. The van der Waals surface area contributed by atoms with Crippen molar-refractivity contribution in [2.45, 2.75) is 13.8 Å². The van der Waals surface area contributed by atoms with Gasteiger partial charge in [-0.25, -0.2) is 8.42 Å². The highest BCUT2D eigenvalue weighted by Gasteiger charge is 2.28. The van der Waals surface area contributed by atoms with Gasteiger partial charge in [0.1, 0.15) is 0 Å². The van der Waals surface area contributed by atoms with Crippen molar-refractivity contribution in [3.63, 3.8) is 0 Å². The molecule has 0 fully saturated rings. The zero-order valence-corrected chi connectivity index (χ0v) is 24.3. The zero-order chi connectivity index (χ0) is 28.7.